The number of alkyl halides is 2. The van der Waals surface area contributed by atoms with Crippen LogP contribution in [0.1, 0.15) is 32.0 Å². The molecule has 0 bridgehead atoms. The van der Waals surface area contributed by atoms with Crippen LogP contribution in [0.2, 0.25) is 0 Å². The first-order chi connectivity index (χ1) is 8.61. The van der Waals surface area contributed by atoms with Crippen molar-refractivity contribution >= 4 is 5.82 Å². The van der Waals surface area contributed by atoms with E-state index in [9.17, 15) is 8.78 Å². The van der Waals surface area contributed by atoms with Gasteiger partial charge in [0.15, 0.2) is 0 Å². The molecular weight excluding hydrogens is 250 g/mol. The maximum absolute atomic E-state index is 12.5. The molecule has 1 N–H and O–H groups in total. The zero-order valence-electron chi connectivity index (χ0n) is 12.6. The Morgan fingerprint density at radius 3 is 2.42 bits per heavy atom. The van der Waals surface area contributed by atoms with Crippen molar-refractivity contribution in [3.05, 3.63) is 11.3 Å². The van der Waals surface area contributed by atoms with E-state index in [1.54, 1.807) is 23.7 Å². The number of halogens is 2. The molecule has 0 aliphatic carbocycles. The van der Waals surface area contributed by atoms with E-state index in [1.165, 1.54) is 0 Å². The maximum Gasteiger partial charge on any atom is 0.255 e. The van der Waals surface area contributed by atoms with Gasteiger partial charge in [-0.15, -0.1) is 0 Å². The molecule has 0 aromatic carbocycles. The normalized spacial score (nSPS) is 12.3. The van der Waals surface area contributed by atoms with Crippen molar-refractivity contribution < 1.29 is 8.78 Å². The molecule has 0 amide bonds. The van der Waals surface area contributed by atoms with Crippen LogP contribution in [0.4, 0.5) is 14.6 Å². The molecule has 1 aromatic rings. The van der Waals surface area contributed by atoms with Gasteiger partial charge >= 0.3 is 0 Å². The Kier molecular flexibility index (Phi) is 4.90. The van der Waals surface area contributed by atoms with Gasteiger partial charge in [-0.25, -0.2) is 8.78 Å². The van der Waals surface area contributed by atoms with Crippen LogP contribution in [0.3, 0.4) is 0 Å². The summed E-state index contributed by atoms with van der Waals surface area (Å²) < 4.78 is 26.7. The van der Waals surface area contributed by atoms with Crippen LogP contribution in [-0.4, -0.2) is 35.3 Å². The fourth-order valence-corrected chi connectivity index (χ4v) is 2.02. The molecule has 0 saturated carbocycles. The molecule has 0 unspecified atom stereocenters. The highest BCUT2D eigenvalue weighted by molar-refractivity contribution is 5.49. The van der Waals surface area contributed by atoms with Crippen LogP contribution in [0.15, 0.2) is 0 Å². The minimum absolute atomic E-state index is 0.0269. The van der Waals surface area contributed by atoms with Crippen molar-refractivity contribution in [2.75, 3.05) is 18.5 Å². The lowest BCUT2D eigenvalue weighted by molar-refractivity contribution is 0.156. The molecule has 0 fully saturated rings. The number of aryl methyl sites for hydroxylation is 2. The number of hydrogen-bond donors (Lipinski definition) is 1. The minimum atomic E-state index is -2.36. The van der Waals surface area contributed by atoms with Crippen molar-refractivity contribution in [2.24, 2.45) is 7.05 Å². The molecule has 1 aromatic heterocycles. The monoisotopic (exact) mass is 274 g/mol. The van der Waals surface area contributed by atoms with Gasteiger partial charge in [-0.2, -0.15) is 5.10 Å². The van der Waals surface area contributed by atoms with E-state index in [1.807, 2.05) is 6.92 Å². The van der Waals surface area contributed by atoms with Crippen LogP contribution in [0.25, 0.3) is 0 Å². The third kappa shape index (κ3) is 4.45. The molecular formula is C13H24F2N4. The number of hydrogen-bond acceptors (Lipinski definition) is 3. The summed E-state index contributed by atoms with van der Waals surface area (Å²) in [6, 6.07) is 0. The summed E-state index contributed by atoms with van der Waals surface area (Å²) in [6.45, 7) is 8.44. The molecule has 6 heteroatoms. The van der Waals surface area contributed by atoms with E-state index in [0.717, 1.165) is 17.1 Å². The lowest BCUT2D eigenvalue weighted by atomic mass is 10.1. The first-order valence-electron chi connectivity index (χ1n) is 6.38. The highest BCUT2D eigenvalue weighted by Gasteiger charge is 2.20. The molecule has 1 rings (SSSR count). The van der Waals surface area contributed by atoms with Gasteiger partial charge in [0, 0.05) is 31.7 Å². The first-order valence-corrected chi connectivity index (χ1v) is 6.38. The Hall–Kier alpha value is -1.17. The van der Waals surface area contributed by atoms with Crippen molar-refractivity contribution in [3.8, 4) is 0 Å². The van der Waals surface area contributed by atoms with Gasteiger partial charge in [0.25, 0.3) is 6.43 Å². The largest absolute Gasteiger partial charge is 0.354 e. The van der Waals surface area contributed by atoms with E-state index in [2.05, 4.69) is 31.2 Å². The molecule has 19 heavy (non-hydrogen) atoms. The van der Waals surface area contributed by atoms with Gasteiger partial charge in [-0.1, -0.05) is 0 Å². The molecule has 110 valence electrons. The van der Waals surface area contributed by atoms with Crippen LogP contribution < -0.4 is 10.2 Å². The van der Waals surface area contributed by atoms with E-state index in [4.69, 9.17) is 0 Å². The lowest BCUT2D eigenvalue weighted by Crippen LogP contribution is -2.36. The Morgan fingerprint density at radius 1 is 1.37 bits per heavy atom. The van der Waals surface area contributed by atoms with Gasteiger partial charge < -0.3 is 10.2 Å². The number of rotatable bonds is 5. The predicted octanol–water partition coefficient (Wildman–Crippen LogP) is 2.32. The predicted molar refractivity (Wildman–Crippen MR) is 73.8 cm³/mol. The minimum Gasteiger partial charge on any atom is -0.354 e. The highest BCUT2D eigenvalue weighted by Crippen LogP contribution is 2.23. The molecule has 0 aliphatic heterocycles. The van der Waals surface area contributed by atoms with Gasteiger partial charge in [0.05, 0.1) is 12.2 Å². The molecule has 0 radical (unpaired) electrons. The molecule has 0 atom stereocenters. The third-order valence-electron chi connectivity index (χ3n) is 2.88. The van der Waals surface area contributed by atoms with E-state index < -0.39 is 6.43 Å². The number of aromatic nitrogens is 2. The molecule has 4 nitrogen and oxygen atoms in total. The molecule has 0 spiro atoms. The molecule has 1 heterocycles. The second-order valence-electron chi connectivity index (χ2n) is 5.89. The lowest BCUT2D eigenvalue weighted by Gasteiger charge is -2.24. The topological polar surface area (TPSA) is 33.1 Å². The summed E-state index contributed by atoms with van der Waals surface area (Å²) in [5, 5.41) is 7.70. The van der Waals surface area contributed by atoms with Gasteiger partial charge in [-0.05, 0) is 27.7 Å². The average Bonchev–Trinajstić information content (AvgIpc) is 2.48. The summed E-state index contributed by atoms with van der Waals surface area (Å²) in [6.07, 6.45) is -2.36. The smallest absolute Gasteiger partial charge is 0.255 e. The second-order valence-corrected chi connectivity index (χ2v) is 5.89. The number of nitrogens with zero attached hydrogens (tertiary/aromatic N) is 3. The van der Waals surface area contributed by atoms with Gasteiger partial charge in [-0.3, -0.25) is 4.68 Å². The fraction of sp³-hybridized carbons (Fsp3) is 0.769. The van der Waals surface area contributed by atoms with Crippen LogP contribution >= 0.6 is 0 Å². The standard InChI is InChI=1S/C13H24F2N4/c1-9-10(7-16-13(2,3)4)12(19(6)17-9)18(5)8-11(14)15/h11,16H,7-8H2,1-6H3. The van der Waals surface area contributed by atoms with Crippen LogP contribution in [-0.2, 0) is 13.6 Å². The molecule has 0 aliphatic rings. The van der Waals surface area contributed by atoms with Crippen LogP contribution in [0.5, 0.6) is 0 Å². The number of anilines is 1. The highest BCUT2D eigenvalue weighted by atomic mass is 19.3. The van der Waals surface area contributed by atoms with Crippen molar-refractivity contribution in [1.82, 2.24) is 15.1 Å². The maximum atomic E-state index is 12.5. The zero-order chi connectivity index (χ0) is 14.8. The average molecular weight is 274 g/mol. The van der Waals surface area contributed by atoms with E-state index >= 15 is 0 Å². The Bertz CT molecular complexity index is 421. The second kappa shape index (κ2) is 5.86. The SMILES string of the molecule is Cc1nn(C)c(N(C)CC(F)F)c1CNC(C)(C)C. The van der Waals surface area contributed by atoms with E-state index in [0.29, 0.717) is 6.54 Å². The Morgan fingerprint density at radius 2 is 1.95 bits per heavy atom. The first kappa shape index (κ1) is 15.9. The van der Waals surface area contributed by atoms with Crippen molar-refractivity contribution in [1.29, 1.82) is 0 Å². The quantitative estimate of drug-likeness (QED) is 0.894. The van der Waals surface area contributed by atoms with E-state index in [-0.39, 0.29) is 12.1 Å². The fourth-order valence-electron chi connectivity index (χ4n) is 2.02. The summed E-state index contributed by atoms with van der Waals surface area (Å²) in [5.74, 6) is 0.745. The summed E-state index contributed by atoms with van der Waals surface area (Å²) in [5.41, 5.74) is 1.82. The Balaban J connectivity index is 2.97. The summed E-state index contributed by atoms with van der Waals surface area (Å²) in [7, 11) is 3.45. The number of nitrogens with one attached hydrogen (secondary N) is 1. The Labute approximate surface area is 113 Å². The van der Waals surface area contributed by atoms with Crippen LogP contribution in [0, 0.1) is 6.92 Å². The van der Waals surface area contributed by atoms with Crippen molar-refractivity contribution in [2.45, 2.75) is 46.2 Å². The zero-order valence-corrected chi connectivity index (χ0v) is 12.6. The van der Waals surface area contributed by atoms with Gasteiger partial charge in [0.1, 0.15) is 5.82 Å². The van der Waals surface area contributed by atoms with Crippen molar-refractivity contribution in [3.63, 3.8) is 0 Å². The summed E-state index contributed by atoms with van der Waals surface area (Å²) in [4.78, 5) is 1.56. The van der Waals surface area contributed by atoms with Gasteiger partial charge in [0.2, 0.25) is 0 Å². The summed E-state index contributed by atoms with van der Waals surface area (Å²) >= 11 is 0. The third-order valence-corrected chi connectivity index (χ3v) is 2.88. The molecule has 0 saturated heterocycles.